The zero-order valence-electron chi connectivity index (χ0n) is 52.6. The van der Waals surface area contributed by atoms with Crippen molar-refractivity contribution in [2.75, 3.05) is 19.8 Å². The highest BCUT2D eigenvalue weighted by atomic mass is 19.1. The van der Waals surface area contributed by atoms with Crippen LogP contribution in [0.3, 0.4) is 0 Å². The second-order valence-corrected chi connectivity index (χ2v) is 24.3. The van der Waals surface area contributed by atoms with E-state index in [9.17, 15) is 42.3 Å². The molecule has 8 aromatic carbocycles. The van der Waals surface area contributed by atoms with Crippen molar-refractivity contribution in [3.05, 3.63) is 236 Å². The van der Waals surface area contributed by atoms with Crippen LogP contribution >= 0.6 is 0 Å². The number of phenols is 1. The summed E-state index contributed by atoms with van der Waals surface area (Å²) in [5.41, 5.74) is 7.63. The molecule has 0 spiro atoms. The minimum absolute atomic E-state index is 0.0412. The molecule has 0 radical (unpaired) electrons. The molecule has 18 heteroatoms. The lowest BCUT2D eigenvalue weighted by molar-refractivity contribution is -0.145. The molecule has 6 aliphatic rings. The molecule has 490 valence electrons. The normalized spacial score (nSPS) is 21.1. The fourth-order valence-electron chi connectivity index (χ4n) is 13.1. The zero-order chi connectivity index (χ0) is 66.4. The van der Waals surface area contributed by atoms with Gasteiger partial charge in [0.2, 0.25) is 0 Å². The summed E-state index contributed by atoms with van der Waals surface area (Å²) < 4.78 is 89.3. The van der Waals surface area contributed by atoms with Gasteiger partial charge in [0.15, 0.2) is 0 Å². The number of esters is 3. The van der Waals surface area contributed by atoms with E-state index in [-0.39, 0.29) is 82.2 Å². The average Bonchev–Trinajstić information content (AvgIpc) is 1.70. The Morgan fingerprint density at radius 3 is 1.11 bits per heavy atom. The molecular weight excluding hydrogens is 1220 g/mol. The number of fused-ring (bicyclic) bond motifs is 3. The minimum atomic E-state index is -1.01. The zero-order valence-corrected chi connectivity index (χ0v) is 52.6. The molecule has 6 aliphatic carbocycles. The fourth-order valence-corrected chi connectivity index (χ4v) is 13.1. The summed E-state index contributed by atoms with van der Waals surface area (Å²) >= 11 is 0. The third kappa shape index (κ3) is 14.8. The molecule has 0 aromatic heterocycles. The number of halogens is 3. The monoisotopic (exact) mass is 1290 g/mol. The quantitative estimate of drug-likeness (QED) is 0.0391. The first-order valence-electron chi connectivity index (χ1n) is 32.3. The van der Waals surface area contributed by atoms with E-state index in [1.54, 1.807) is 55.5 Å². The number of ether oxygens (including phenoxy) is 8. The molecule has 0 saturated heterocycles. The SMILES string of the molecule is CCOC(=O)[C@H]1C[C@@H]1c1ccc(O[C@@H]2CCc3c(O)ccc(F)c32)cc1.CCOC(=O)[C@H]1C[C@@H]1c1ccc(O[C@@H]2CCc3c(Oc4ccc(C(=O)O)cc4)ccc(F)c32)cc1.CCOC(=O)[C@H]1C[C@@H]1c1ccc(O[C@@H]2CCc3c(Oc4ccc(C=O)cc4)ccc(F)c32)cc1. The highest BCUT2D eigenvalue weighted by Gasteiger charge is 2.47. The van der Waals surface area contributed by atoms with Crippen LogP contribution in [0.1, 0.15) is 166 Å². The van der Waals surface area contributed by atoms with Gasteiger partial charge < -0.3 is 48.1 Å². The molecule has 8 aromatic rings. The van der Waals surface area contributed by atoms with E-state index < -0.39 is 24.3 Å². The minimum Gasteiger partial charge on any atom is -0.508 e. The number of carbonyl (C=O) groups is 5. The summed E-state index contributed by atoms with van der Waals surface area (Å²) in [6.45, 7) is 6.62. The lowest BCUT2D eigenvalue weighted by Crippen LogP contribution is -2.07. The van der Waals surface area contributed by atoms with E-state index in [2.05, 4.69) is 0 Å². The Morgan fingerprint density at radius 1 is 0.432 bits per heavy atom. The second kappa shape index (κ2) is 28.6. The smallest absolute Gasteiger partial charge is 0.335 e. The van der Waals surface area contributed by atoms with Crippen LogP contribution in [0.4, 0.5) is 13.2 Å². The molecule has 0 bridgehead atoms. The predicted molar refractivity (Wildman–Crippen MR) is 343 cm³/mol. The van der Waals surface area contributed by atoms with Gasteiger partial charge >= 0.3 is 23.9 Å². The summed E-state index contributed by atoms with van der Waals surface area (Å²) in [6.07, 6.45) is 5.69. The van der Waals surface area contributed by atoms with E-state index >= 15 is 0 Å². The Labute approximate surface area is 547 Å². The van der Waals surface area contributed by atoms with E-state index in [0.717, 1.165) is 53.4 Å². The Balaban J connectivity index is 0.000000138. The lowest BCUT2D eigenvalue weighted by Gasteiger charge is -2.17. The highest BCUT2D eigenvalue weighted by molar-refractivity contribution is 5.87. The predicted octanol–water partition coefficient (Wildman–Crippen LogP) is 16.5. The Kier molecular flexibility index (Phi) is 19.6. The molecule has 2 N–H and O–H groups in total. The van der Waals surface area contributed by atoms with Crippen LogP contribution in [0.15, 0.2) is 158 Å². The van der Waals surface area contributed by atoms with Crippen LogP contribution < -0.4 is 23.7 Å². The number of aldehydes is 1. The van der Waals surface area contributed by atoms with Gasteiger partial charge in [-0.1, -0.05) is 36.4 Å². The fraction of sp³-hybridized carbons (Fsp3) is 0.312. The van der Waals surface area contributed by atoms with Crippen molar-refractivity contribution in [2.24, 2.45) is 17.8 Å². The summed E-state index contributed by atoms with van der Waals surface area (Å²) in [6, 6.07) is 44.5. The van der Waals surface area contributed by atoms with Gasteiger partial charge in [-0.25, -0.2) is 18.0 Å². The van der Waals surface area contributed by atoms with Gasteiger partial charge in [0.05, 0.1) is 43.1 Å². The van der Waals surface area contributed by atoms with Gasteiger partial charge in [-0.05, 0) is 234 Å². The van der Waals surface area contributed by atoms with Crippen LogP contribution in [0.5, 0.6) is 46.0 Å². The third-order valence-electron chi connectivity index (χ3n) is 18.2. The number of carboxylic acid groups (broad SMARTS) is 1. The number of hydrogen-bond donors (Lipinski definition) is 2. The number of hydrogen-bond acceptors (Lipinski definition) is 14. The summed E-state index contributed by atoms with van der Waals surface area (Å²) in [4.78, 5) is 57.5. The second-order valence-electron chi connectivity index (χ2n) is 24.3. The van der Waals surface area contributed by atoms with Gasteiger partial charge in [-0.15, -0.1) is 0 Å². The maximum Gasteiger partial charge on any atom is 0.335 e. The van der Waals surface area contributed by atoms with Crippen LogP contribution in [0, 0.1) is 35.2 Å². The van der Waals surface area contributed by atoms with Crippen molar-refractivity contribution in [3.8, 4) is 46.0 Å². The van der Waals surface area contributed by atoms with Crippen molar-refractivity contribution in [3.63, 3.8) is 0 Å². The Bertz CT molecular complexity index is 4120. The van der Waals surface area contributed by atoms with Gasteiger partial charge in [0.1, 0.15) is 88.0 Å². The molecule has 14 rings (SSSR count). The Morgan fingerprint density at radius 2 is 0.758 bits per heavy atom. The van der Waals surface area contributed by atoms with Crippen LogP contribution in [0.2, 0.25) is 0 Å². The topological polar surface area (TPSA) is 200 Å². The van der Waals surface area contributed by atoms with E-state index in [1.807, 2.05) is 86.6 Å². The lowest BCUT2D eigenvalue weighted by atomic mass is 10.1. The average molecular weight is 1290 g/mol. The van der Waals surface area contributed by atoms with E-state index in [4.69, 9.17) is 43.0 Å². The van der Waals surface area contributed by atoms with Crippen molar-refractivity contribution in [1.29, 1.82) is 0 Å². The number of carbonyl (C=O) groups excluding carboxylic acids is 4. The highest BCUT2D eigenvalue weighted by Crippen LogP contribution is 2.52. The number of phenolic OH excluding ortho intramolecular Hbond substituents is 1. The van der Waals surface area contributed by atoms with Crippen LogP contribution in [-0.4, -0.2) is 60.2 Å². The van der Waals surface area contributed by atoms with Crippen molar-refractivity contribution in [2.45, 2.75) is 115 Å². The standard InChI is InChI=1S/C28H25FO6.C28H25FO5.C21H21FO4/c1-2-33-28(32)22-15-21(22)16-3-7-19(8-4-16)35-25-13-11-20-24(14-12-23(29)26(20)25)34-18-9-5-17(6-10-18)27(30)31;1-2-32-28(31)23-15-22(23)18-5-9-20(10-6-18)34-26-13-11-21-25(14-12-24(29)27(21)26)33-19-7-3-17(16-30)4-8-19;1-2-25-21(24)16-11-15(16)12-3-5-13(6-4-12)26-19-10-7-14-18(23)9-8-17(22)20(14)19/h3-10,12,14,21-22,25H,2,11,13,15H2,1H3,(H,30,31);3-10,12,14,16,22-23,26H,2,11,13,15H2,1H3;3-6,8-9,15-16,19,23H,2,7,10-11H2,1H3/t21-,22+,25-;22-,23+,26-;15-,16+,19-/m111/s1. The number of carboxylic acids is 1. The Hall–Kier alpha value is -10.1. The first-order valence-corrected chi connectivity index (χ1v) is 32.3. The number of rotatable bonds is 21. The maximum absolute atomic E-state index is 14.8. The number of benzene rings is 8. The van der Waals surface area contributed by atoms with Gasteiger partial charge in [0, 0.05) is 38.9 Å². The number of aromatic carboxylic acids is 1. The molecule has 0 aliphatic heterocycles. The van der Waals surface area contributed by atoms with Crippen molar-refractivity contribution < 1.29 is 85.3 Å². The molecule has 0 heterocycles. The van der Waals surface area contributed by atoms with Gasteiger partial charge in [-0.3, -0.25) is 19.2 Å². The molecule has 3 fully saturated rings. The number of aromatic hydroxyl groups is 1. The molecule has 15 nitrogen and oxygen atoms in total. The van der Waals surface area contributed by atoms with E-state index in [1.165, 1.54) is 36.4 Å². The molecule has 95 heavy (non-hydrogen) atoms. The van der Waals surface area contributed by atoms with Gasteiger partial charge in [-0.2, -0.15) is 0 Å². The summed E-state index contributed by atoms with van der Waals surface area (Å²) in [5, 5.41) is 18.9. The van der Waals surface area contributed by atoms with Gasteiger partial charge in [0.25, 0.3) is 0 Å². The van der Waals surface area contributed by atoms with Crippen molar-refractivity contribution in [1.82, 2.24) is 0 Å². The third-order valence-corrected chi connectivity index (χ3v) is 18.2. The molecule has 3 saturated carbocycles. The molecule has 0 unspecified atom stereocenters. The molecule has 0 amide bonds. The maximum atomic E-state index is 14.8. The first kappa shape index (κ1) is 65.0. The largest absolute Gasteiger partial charge is 0.508 e. The van der Waals surface area contributed by atoms with Crippen LogP contribution in [-0.2, 0) is 47.9 Å². The van der Waals surface area contributed by atoms with Crippen molar-refractivity contribution >= 4 is 30.2 Å². The summed E-state index contributed by atoms with van der Waals surface area (Å²) in [5.74, 6) is 2.25. The molecular formula is C77H71F3O15. The first-order chi connectivity index (χ1) is 46.1. The molecule has 9 atom stereocenters. The summed E-state index contributed by atoms with van der Waals surface area (Å²) in [7, 11) is 0. The van der Waals surface area contributed by atoms with E-state index in [0.29, 0.717) is 126 Å². The van der Waals surface area contributed by atoms with Crippen LogP contribution in [0.25, 0.3) is 0 Å².